The van der Waals surface area contributed by atoms with Crippen LogP contribution < -0.4 is 0 Å². The predicted octanol–water partition coefficient (Wildman–Crippen LogP) is 6.08. The van der Waals surface area contributed by atoms with Gasteiger partial charge >= 0.3 is 18.0 Å². The molecular weight excluding hydrogens is 658 g/mol. The second kappa shape index (κ2) is 12.5. The molecule has 1 unspecified atom stereocenters. The van der Waals surface area contributed by atoms with E-state index in [1.54, 1.807) is 0 Å². The summed E-state index contributed by atoms with van der Waals surface area (Å²) in [6, 6.07) is 4.46. The SMILES string of the molecule is C[C@H]1CC(CCc2cc(C(F)(C(F)(F)F)C(F)(F)F)ccc2CS(=O)(=O)c2ccc(F)cc2)N(C(=O)C2CCS(=O)(=O)CC2)C1. The summed E-state index contributed by atoms with van der Waals surface area (Å²) in [4.78, 5) is 14.5. The molecule has 0 N–H and O–H groups in total. The summed E-state index contributed by atoms with van der Waals surface area (Å²) in [5.74, 6) is -2.82. The van der Waals surface area contributed by atoms with Gasteiger partial charge in [0.2, 0.25) is 5.91 Å². The van der Waals surface area contributed by atoms with Crippen LogP contribution in [0.4, 0.5) is 35.1 Å². The van der Waals surface area contributed by atoms with Gasteiger partial charge in [0.15, 0.2) is 9.84 Å². The molecule has 4 rings (SSSR count). The minimum atomic E-state index is -6.39. The highest BCUT2D eigenvalue weighted by molar-refractivity contribution is 7.91. The topological polar surface area (TPSA) is 88.6 Å². The number of sulfone groups is 2. The summed E-state index contributed by atoms with van der Waals surface area (Å²) in [6.45, 7) is 2.14. The zero-order valence-electron chi connectivity index (χ0n) is 24.0. The Morgan fingerprint density at radius 2 is 1.49 bits per heavy atom. The van der Waals surface area contributed by atoms with E-state index in [1.165, 1.54) is 4.90 Å². The summed E-state index contributed by atoms with van der Waals surface area (Å²) in [5.41, 5.74) is -7.98. The van der Waals surface area contributed by atoms with Gasteiger partial charge in [0, 0.05) is 24.1 Å². The van der Waals surface area contributed by atoms with Gasteiger partial charge in [0.05, 0.1) is 22.2 Å². The highest BCUT2D eigenvalue weighted by atomic mass is 32.2. The summed E-state index contributed by atoms with van der Waals surface area (Å²) in [6.07, 6.45) is -12.4. The van der Waals surface area contributed by atoms with Gasteiger partial charge in [-0.05, 0) is 73.4 Å². The molecule has 6 nitrogen and oxygen atoms in total. The minimum absolute atomic E-state index is 0.00543. The van der Waals surface area contributed by atoms with Crippen molar-refractivity contribution in [1.29, 1.82) is 0 Å². The van der Waals surface area contributed by atoms with Crippen LogP contribution in [0.3, 0.4) is 0 Å². The van der Waals surface area contributed by atoms with Crippen LogP contribution >= 0.6 is 0 Å². The second-order valence-electron chi connectivity index (χ2n) is 11.8. The largest absolute Gasteiger partial charge is 0.435 e. The van der Waals surface area contributed by atoms with Crippen molar-refractivity contribution in [3.05, 3.63) is 65.0 Å². The highest BCUT2D eigenvalue weighted by Gasteiger charge is 2.73. The van der Waals surface area contributed by atoms with E-state index >= 15 is 4.39 Å². The number of halogens is 8. The van der Waals surface area contributed by atoms with Crippen LogP contribution in [-0.2, 0) is 42.3 Å². The summed E-state index contributed by atoms with van der Waals surface area (Å²) in [5, 5.41) is 0. The number of aryl methyl sites for hydroxylation is 1. The van der Waals surface area contributed by atoms with Crippen LogP contribution in [0.1, 0.15) is 49.3 Å². The Morgan fingerprint density at radius 1 is 0.911 bits per heavy atom. The molecule has 2 saturated heterocycles. The van der Waals surface area contributed by atoms with Crippen LogP contribution in [-0.4, -0.2) is 64.1 Å². The summed E-state index contributed by atoms with van der Waals surface area (Å²) in [7, 11) is -7.52. The number of carbonyl (C=O) groups is 1. The Balaban J connectivity index is 1.68. The van der Waals surface area contributed by atoms with Crippen LogP contribution in [0.25, 0.3) is 0 Å². The van der Waals surface area contributed by atoms with E-state index in [1.807, 2.05) is 6.92 Å². The maximum atomic E-state index is 15.0. The lowest BCUT2D eigenvalue weighted by molar-refractivity contribution is -0.348. The van der Waals surface area contributed by atoms with E-state index < -0.39 is 66.8 Å². The molecule has 0 aromatic heterocycles. The van der Waals surface area contributed by atoms with Gasteiger partial charge < -0.3 is 4.90 Å². The van der Waals surface area contributed by atoms with Crippen molar-refractivity contribution >= 4 is 25.6 Å². The van der Waals surface area contributed by atoms with Gasteiger partial charge in [-0.15, -0.1) is 0 Å². The molecule has 0 spiro atoms. The van der Waals surface area contributed by atoms with Crippen molar-refractivity contribution in [2.45, 2.75) is 73.7 Å². The third-order valence-corrected chi connectivity index (χ3v) is 11.9. The minimum Gasteiger partial charge on any atom is -0.339 e. The van der Waals surface area contributed by atoms with E-state index in [4.69, 9.17) is 0 Å². The van der Waals surface area contributed by atoms with Crippen molar-refractivity contribution in [3.63, 3.8) is 0 Å². The molecule has 2 aromatic rings. The van der Waals surface area contributed by atoms with E-state index in [9.17, 15) is 52.4 Å². The fourth-order valence-corrected chi connectivity index (χ4v) is 8.92. The van der Waals surface area contributed by atoms with Crippen LogP contribution in [0.2, 0.25) is 0 Å². The first-order valence-electron chi connectivity index (χ1n) is 14.1. The van der Waals surface area contributed by atoms with Gasteiger partial charge in [-0.1, -0.05) is 25.1 Å². The second-order valence-corrected chi connectivity index (χ2v) is 16.1. The van der Waals surface area contributed by atoms with E-state index in [2.05, 4.69) is 0 Å². The Kier molecular flexibility index (Phi) is 9.72. The lowest BCUT2D eigenvalue weighted by Crippen LogP contribution is -2.50. The number of nitrogens with zero attached hydrogens (tertiary/aromatic N) is 1. The zero-order valence-corrected chi connectivity index (χ0v) is 25.6. The lowest BCUT2D eigenvalue weighted by Gasteiger charge is -2.32. The van der Waals surface area contributed by atoms with Crippen molar-refractivity contribution in [2.24, 2.45) is 11.8 Å². The molecule has 0 radical (unpaired) electrons. The molecular formula is C29H31F8NO5S2. The maximum Gasteiger partial charge on any atom is 0.435 e. The number of benzene rings is 2. The monoisotopic (exact) mass is 689 g/mol. The predicted molar refractivity (Wildman–Crippen MR) is 148 cm³/mol. The smallest absolute Gasteiger partial charge is 0.339 e. The molecule has 2 aliphatic rings. The Hall–Kier alpha value is -2.75. The molecule has 0 saturated carbocycles. The van der Waals surface area contributed by atoms with Gasteiger partial charge in [0.25, 0.3) is 0 Å². The molecule has 45 heavy (non-hydrogen) atoms. The summed E-state index contributed by atoms with van der Waals surface area (Å²) >= 11 is 0. The van der Waals surface area contributed by atoms with Gasteiger partial charge in [0.1, 0.15) is 15.7 Å². The number of hydrogen-bond donors (Lipinski definition) is 0. The zero-order chi connectivity index (χ0) is 33.6. The molecule has 2 heterocycles. The molecule has 0 bridgehead atoms. The molecule has 2 fully saturated rings. The standard InChI is InChI=1S/C29H31F8NO5S2/c1-18-14-24(38(16-18)26(39)19-10-12-44(40,41)13-11-19)7-3-20-15-22(27(31,28(32,33)34)29(35,36)37)4-2-21(20)17-45(42,43)25-8-5-23(30)6-9-25/h2,4-6,8-9,15,18-19,24H,3,7,10-14,16-17H2,1H3/t18-,24?/m0/s1. The van der Waals surface area contributed by atoms with E-state index in [0.717, 1.165) is 24.3 Å². The Bertz CT molecular complexity index is 1600. The normalized spacial score (nSPS) is 21.7. The highest BCUT2D eigenvalue weighted by Crippen LogP contribution is 2.53. The van der Waals surface area contributed by atoms with Crippen molar-refractivity contribution in [2.75, 3.05) is 18.1 Å². The first-order chi connectivity index (χ1) is 20.6. The van der Waals surface area contributed by atoms with E-state index in [-0.39, 0.29) is 71.1 Å². The van der Waals surface area contributed by atoms with Gasteiger partial charge in [-0.25, -0.2) is 25.6 Å². The number of likely N-dealkylation sites (tertiary alicyclic amines) is 1. The van der Waals surface area contributed by atoms with Crippen LogP contribution in [0, 0.1) is 17.7 Å². The van der Waals surface area contributed by atoms with Gasteiger partial charge in [-0.3, -0.25) is 4.79 Å². The van der Waals surface area contributed by atoms with Crippen molar-refractivity contribution in [3.8, 4) is 0 Å². The average Bonchev–Trinajstić information content (AvgIpc) is 3.30. The molecule has 16 heteroatoms. The molecule has 2 aromatic carbocycles. The first-order valence-corrected chi connectivity index (χ1v) is 17.6. The number of hydrogen-bond acceptors (Lipinski definition) is 5. The fraction of sp³-hybridized carbons (Fsp3) is 0.552. The van der Waals surface area contributed by atoms with Crippen molar-refractivity contribution in [1.82, 2.24) is 4.90 Å². The molecule has 1 amide bonds. The van der Waals surface area contributed by atoms with E-state index in [0.29, 0.717) is 25.1 Å². The van der Waals surface area contributed by atoms with Crippen LogP contribution in [0.5, 0.6) is 0 Å². The number of amides is 1. The number of carbonyl (C=O) groups excluding carboxylic acids is 1. The number of rotatable bonds is 8. The first kappa shape index (κ1) is 35.1. The average molecular weight is 690 g/mol. The number of alkyl halides is 7. The molecule has 0 aliphatic carbocycles. The third kappa shape index (κ3) is 7.47. The third-order valence-electron chi connectivity index (χ3n) is 8.46. The van der Waals surface area contributed by atoms with Crippen molar-refractivity contribution < 1.29 is 56.8 Å². The molecule has 250 valence electrons. The Morgan fingerprint density at radius 3 is 2.04 bits per heavy atom. The van der Waals surface area contributed by atoms with Gasteiger partial charge in [-0.2, -0.15) is 26.3 Å². The maximum absolute atomic E-state index is 15.0. The molecule has 2 atom stereocenters. The lowest BCUT2D eigenvalue weighted by atomic mass is 9.89. The fourth-order valence-electron chi connectivity index (χ4n) is 6.02. The van der Waals surface area contributed by atoms with Crippen LogP contribution in [0.15, 0.2) is 47.4 Å². The molecule has 2 aliphatic heterocycles. The summed E-state index contributed by atoms with van der Waals surface area (Å²) < 4.78 is 160. The quantitative estimate of drug-likeness (QED) is 0.248. The Labute approximate surface area is 255 Å².